The minimum Gasteiger partial charge on any atom is -0.494 e. The number of carbonyl (C=O) groups is 1. The Morgan fingerprint density at radius 2 is 2.15 bits per heavy atom. The van der Waals surface area contributed by atoms with Crippen LogP contribution in [0.1, 0.15) is 16.1 Å². The topological polar surface area (TPSA) is 52.3 Å². The largest absolute Gasteiger partial charge is 0.494 e. The minimum absolute atomic E-state index is 0.242. The molecule has 100 valence electrons. The zero-order valence-corrected chi connectivity index (χ0v) is 11.3. The number of nitrogens with zero attached hydrogens (tertiary/aromatic N) is 1. The molecule has 0 aliphatic carbocycles. The van der Waals surface area contributed by atoms with Gasteiger partial charge in [0.05, 0.1) is 18.9 Å². The SMILES string of the molecule is COc1cnccc1C(=O)c1cc2cc(Cl)ccc2o1. The molecule has 5 heteroatoms. The Morgan fingerprint density at radius 1 is 1.30 bits per heavy atom. The van der Waals surface area contributed by atoms with Gasteiger partial charge in [0, 0.05) is 16.6 Å². The van der Waals surface area contributed by atoms with Crippen molar-refractivity contribution in [2.75, 3.05) is 7.11 Å². The van der Waals surface area contributed by atoms with Gasteiger partial charge in [0.2, 0.25) is 5.78 Å². The second-order valence-corrected chi connectivity index (χ2v) is 4.63. The lowest BCUT2D eigenvalue weighted by Gasteiger charge is -2.04. The van der Waals surface area contributed by atoms with E-state index in [9.17, 15) is 4.79 Å². The van der Waals surface area contributed by atoms with Gasteiger partial charge in [-0.15, -0.1) is 0 Å². The van der Waals surface area contributed by atoms with E-state index in [2.05, 4.69) is 4.98 Å². The van der Waals surface area contributed by atoms with Gasteiger partial charge >= 0.3 is 0 Å². The lowest BCUT2D eigenvalue weighted by atomic mass is 10.1. The summed E-state index contributed by atoms with van der Waals surface area (Å²) in [5.41, 5.74) is 1.03. The Labute approximate surface area is 119 Å². The number of furan rings is 1. The summed E-state index contributed by atoms with van der Waals surface area (Å²) >= 11 is 5.92. The average molecular weight is 288 g/mol. The molecule has 3 rings (SSSR count). The van der Waals surface area contributed by atoms with Crippen LogP contribution in [-0.4, -0.2) is 17.9 Å². The van der Waals surface area contributed by atoms with Gasteiger partial charge < -0.3 is 9.15 Å². The van der Waals surface area contributed by atoms with Crippen molar-refractivity contribution >= 4 is 28.4 Å². The molecule has 0 saturated carbocycles. The third kappa shape index (κ3) is 2.14. The number of aromatic nitrogens is 1. The molecule has 0 spiro atoms. The normalized spacial score (nSPS) is 10.7. The van der Waals surface area contributed by atoms with E-state index in [1.165, 1.54) is 19.5 Å². The number of pyridine rings is 1. The van der Waals surface area contributed by atoms with Crippen LogP contribution < -0.4 is 4.74 Å². The van der Waals surface area contributed by atoms with E-state index in [0.29, 0.717) is 21.9 Å². The number of carbonyl (C=O) groups excluding carboxylic acids is 1. The lowest BCUT2D eigenvalue weighted by molar-refractivity contribution is 0.101. The van der Waals surface area contributed by atoms with Crippen molar-refractivity contribution in [3.63, 3.8) is 0 Å². The molecule has 0 bridgehead atoms. The molecule has 20 heavy (non-hydrogen) atoms. The summed E-state index contributed by atoms with van der Waals surface area (Å²) in [5.74, 6) is 0.402. The number of fused-ring (bicyclic) bond motifs is 1. The minimum atomic E-state index is -0.253. The molecule has 1 aromatic carbocycles. The van der Waals surface area contributed by atoms with E-state index in [-0.39, 0.29) is 11.5 Å². The highest BCUT2D eigenvalue weighted by molar-refractivity contribution is 6.31. The van der Waals surface area contributed by atoms with Gasteiger partial charge in [-0.3, -0.25) is 9.78 Å². The predicted molar refractivity (Wildman–Crippen MR) is 75.4 cm³/mol. The quantitative estimate of drug-likeness (QED) is 0.689. The number of hydrogen-bond donors (Lipinski definition) is 0. The molecule has 0 radical (unpaired) electrons. The van der Waals surface area contributed by atoms with Crippen LogP contribution in [0.15, 0.2) is 47.1 Å². The Hall–Kier alpha value is -2.33. The Balaban J connectivity index is 2.08. The van der Waals surface area contributed by atoms with Gasteiger partial charge in [-0.25, -0.2) is 0 Å². The van der Waals surface area contributed by atoms with Gasteiger partial charge in [-0.1, -0.05) is 11.6 Å². The standard InChI is InChI=1S/C15H10ClNO3/c1-19-14-8-17-5-4-11(14)15(18)13-7-9-6-10(16)2-3-12(9)20-13/h2-8H,1H3. The molecule has 2 heterocycles. The highest BCUT2D eigenvalue weighted by Crippen LogP contribution is 2.26. The van der Waals surface area contributed by atoms with Crippen LogP contribution in [0.4, 0.5) is 0 Å². The molecular formula is C15H10ClNO3. The summed E-state index contributed by atoms with van der Waals surface area (Å²) in [6.45, 7) is 0. The molecule has 0 aliphatic rings. The number of rotatable bonds is 3. The first-order valence-electron chi connectivity index (χ1n) is 5.91. The number of halogens is 1. The molecule has 2 aromatic heterocycles. The van der Waals surface area contributed by atoms with Crippen molar-refractivity contribution in [2.45, 2.75) is 0 Å². The number of ether oxygens (including phenoxy) is 1. The zero-order valence-electron chi connectivity index (χ0n) is 10.6. The highest BCUT2D eigenvalue weighted by atomic mass is 35.5. The first kappa shape index (κ1) is 12.7. The summed E-state index contributed by atoms with van der Waals surface area (Å²) in [4.78, 5) is 16.4. The Bertz CT molecular complexity index is 795. The second kappa shape index (κ2) is 4.98. The molecule has 0 atom stereocenters. The zero-order chi connectivity index (χ0) is 14.1. The Morgan fingerprint density at radius 3 is 2.95 bits per heavy atom. The second-order valence-electron chi connectivity index (χ2n) is 4.20. The van der Waals surface area contributed by atoms with Crippen molar-refractivity contribution in [1.82, 2.24) is 4.98 Å². The summed E-state index contributed by atoms with van der Waals surface area (Å²) in [6.07, 6.45) is 3.03. The average Bonchev–Trinajstić information content (AvgIpc) is 2.89. The fourth-order valence-corrected chi connectivity index (χ4v) is 2.17. The van der Waals surface area contributed by atoms with E-state index < -0.39 is 0 Å². The maximum Gasteiger partial charge on any atom is 0.232 e. The molecular weight excluding hydrogens is 278 g/mol. The van der Waals surface area contributed by atoms with E-state index in [0.717, 1.165) is 5.39 Å². The lowest BCUT2D eigenvalue weighted by Crippen LogP contribution is -2.02. The molecule has 0 unspecified atom stereocenters. The first-order valence-corrected chi connectivity index (χ1v) is 6.28. The fraction of sp³-hybridized carbons (Fsp3) is 0.0667. The van der Waals surface area contributed by atoms with Crippen LogP contribution in [0.3, 0.4) is 0 Å². The molecule has 0 fully saturated rings. The number of benzene rings is 1. The van der Waals surface area contributed by atoms with Gasteiger partial charge in [0.25, 0.3) is 0 Å². The highest BCUT2D eigenvalue weighted by Gasteiger charge is 2.18. The van der Waals surface area contributed by atoms with E-state index in [1.807, 2.05) is 0 Å². The van der Waals surface area contributed by atoms with Crippen molar-refractivity contribution < 1.29 is 13.9 Å². The summed E-state index contributed by atoms with van der Waals surface area (Å²) < 4.78 is 10.7. The maximum atomic E-state index is 12.4. The molecule has 0 saturated heterocycles. The van der Waals surface area contributed by atoms with Gasteiger partial charge in [-0.05, 0) is 30.3 Å². The van der Waals surface area contributed by atoms with Crippen molar-refractivity contribution in [3.05, 3.63) is 59.1 Å². The number of hydrogen-bond acceptors (Lipinski definition) is 4. The summed E-state index contributed by atoms with van der Waals surface area (Å²) in [7, 11) is 1.49. The van der Waals surface area contributed by atoms with Crippen LogP contribution >= 0.6 is 11.6 Å². The third-order valence-corrected chi connectivity index (χ3v) is 3.19. The summed E-state index contributed by atoms with van der Waals surface area (Å²) in [6, 6.07) is 8.47. The van der Waals surface area contributed by atoms with Gasteiger partial charge in [0.15, 0.2) is 5.76 Å². The van der Waals surface area contributed by atoms with Crippen LogP contribution in [0, 0.1) is 0 Å². The molecule has 0 N–H and O–H groups in total. The molecule has 0 aliphatic heterocycles. The number of ketones is 1. The van der Waals surface area contributed by atoms with Gasteiger partial charge in [0.1, 0.15) is 11.3 Å². The van der Waals surface area contributed by atoms with Crippen LogP contribution in [-0.2, 0) is 0 Å². The monoisotopic (exact) mass is 287 g/mol. The van der Waals surface area contributed by atoms with E-state index >= 15 is 0 Å². The van der Waals surface area contributed by atoms with Crippen molar-refractivity contribution in [2.24, 2.45) is 0 Å². The first-order chi connectivity index (χ1) is 9.69. The predicted octanol–water partition coefficient (Wildman–Crippen LogP) is 3.72. The number of methoxy groups -OCH3 is 1. The Kier molecular flexibility index (Phi) is 3.16. The van der Waals surface area contributed by atoms with Crippen LogP contribution in [0.25, 0.3) is 11.0 Å². The van der Waals surface area contributed by atoms with Crippen molar-refractivity contribution in [1.29, 1.82) is 0 Å². The fourth-order valence-electron chi connectivity index (χ4n) is 1.99. The molecule has 3 aromatic rings. The van der Waals surface area contributed by atoms with E-state index in [4.69, 9.17) is 20.8 Å². The molecule has 0 amide bonds. The smallest absolute Gasteiger partial charge is 0.232 e. The maximum absolute atomic E-state index is 12.4. The third-order valence-electron chi connectivity index (χ3n) is 2.95. The van der Waals surface area contributed by atoms with Crippen molar-refractivity contribution in [3.8, 4) is 5.75 Å². The van der Waals surface area contributed by atoms with Crippen LogP contribution in [0.5, 0.6) is 5.75 Å². The summed E-state index contributed by atoms with van der Waals surface area (Å²) in [5, 5.41) is 1.38. The van der Waals surface area contributed by atoms with Gasteiger partial charge in [-0.2, -0.15) is 0 Å². The van der Waals surface area contributed by atoms with Crippen LogP contribution in [0.2, 0.25) is 5.02 Å². The molecule has 4 nitrogen and oxygen atoms in total. The van der Waals surface area contributed by atoms with E-state index in [1.54, 1.807) is 30.3 Å².